The van der Waals surface area contributed by atoms with E-state index in [1.165, 1.54) is 16.3 Å². The molecule has 196 valence electrons. The molecule has 0 fully saturated rings. The van der Waals surface area contributed by atoms with Crippen molar-refractivity contribution in [1.82, 2.24) is 19.9 Å². The highest BCUT2D eigenvalue weighted by atomic mass is 32.1. The highest BCUT2D eigenvalue weighted by Gasteiger charge is 2.38. The normalized spacial score (nSPS) is 13.8. The van der Waals surface area contributed by atoms with Gasteiger partial charge in [0, 0.05) is 50.2 Å². The molecule has 0 saturated carbocycles. The Balaban J connectivity index is 0.000000362. The second kappa shape index (κ2) is 13.2. The number of thiazole rings is 1. The molecule has 0 radical (unpaired) electrons. The standard InChI is InChI=1S/C15H21N5S.2C2HF3O2/c1-3-19(2)15-12-4-7-20(10-14-16-6-9-21-14)8-5-13(12)17-11-18-15;2*3-2(4,5)1(6)7/h6,9,11H,3-5,7-8,10H2,1-2H3;2*(H,6,7). The summed E-state index contributed by atoms with van der Waals surface area (Å²) < 4.78 is 63.5. The Bertz CT molecular complexity index is 932. The second-order valence-electron chi connectivity index (χ2n) is 6.94. The summed E-state index contributed by atoms with van der Waals surface area (Å²) in [7, 11) is 2.10. The Morgan fingerprint density at radius 3 is 2.03 bits per heavy atom. The Morgan fingerprint density at radius 1 is 1.03 bits per heavy atom. The fraction of sp³-hybridized carbons (Fsp3) is 0.526. The summed E-state index contributed by atoms with van der Waals surface area (Å²) in [4.78, 5) is 35.9. The van der Waals surface area contributed by atoms with Crippen LogP contribution in [0.15, 0.2) is 17.9 Å². The average Bonchev–Trinajstić information content (AvgIpc) is 3.19. The molecule has 3 rings (SSSR count). The van der Waals surface area contributed by atoms with E-state index in [0.717, 1.165) is 44.8 Å². The molecular weight excluding hydrogens is 508 g/mol. The van der Waals surface area contributed by atoms with Gasteiger partial charge in [0.1, 0.15) is 17.2 Å². The summed E-state index contributed by atoms with van der Waals surface area (Å²) in [5.74, 6) is -4.42. The van der Waals surface area contributed by atoms with Crippen molar-refractivity contribution in [1.29, 1.82) is 0 Å². The molecule has 0 amide bonds. The lowest BCUT2D eigenvalue weighted by Gasteiger charge is -2.20. The summed E-state index contributed by atoms with van der Waals surface area (Å²) in [6.45, 7) is 6.15. The minimum Gasteiger partial charge on any atom is -0.475 e. The second-order valence-corrected chi connectivity index (χ2v) is 7.92. The highest BCUT2D eigenvalue weighted by Crippen LogP contribution is 2.23. The van der Waals surface area contributed by atoms with Gasteiger partial charge in [0.15, 0.2) is 0 Å². The third-order valence-corrected chi connectivity index (χ3v) is 5.28. The maximum absolute atomic E-state index is 10.6. The van der Waals surface area contributed by atoms with Crippen molar-refractivity contribution >= 4 is 29.1 Å². The largest absolute Gasteiger partial charge is 0.490 e. The molecule has 0 bridgehead atoms. The number of aliphatic carboxylic acids is 2. The Kier molecular flexibility index (Phi) is 11.3. The zero-order chi connectivity index (χ0) is 26.8. The van der Waals surface area contributed by atoms with Crippen molar-refractivity contribution in [3.63, 3.8) is 0 Å². The first kappa shape index (κ1) is 30.0. The molecule has 0 aromatic carbocycles. The molecule has 2 aromatic heterocycles. The third-order valence-electron chi connectivity index (χ3n) is 4.52. The molecule has 0 aliphatic carbocycles. The van der Waals surface area contributed by atoms with Crippen molar-refractivity contribution in [3.05, 3.63) is 34.2 Å². The number of hydrogen-bond donors (Lipinski definition) is 2. The first-order valence-electron chi connectivity index (χ1n) is 9.91. The number of carbonyl (C=O) groups is 2. The van der Waals surface area contributed by atoms with Crippen LogP contribution in [-0.2, 0) is 29.0 Å². The van der Waals surface area contributed by atoms with Crippen LogP contribution in [0.5, 0.6) is 0 Å². The van der Waals surface area contributed by atoms with Crippen LogP contribution in [-0.4, -0.2) is 81.0 Å². The van der Waals surface area contributed by atoms with E-state index >= 15 is 0 Å². The maximum atomic E-state index is 10.6. The van der Waals surface area contributed by atoms with E-state index in [-0.39, 0.29) is 0 Å². The molecule has 1 aliphatic heterocycles. The average molecular weight is 531 g/mol. The van der Waals surface area contributed by atoms with Gasteiger partial charge in [0.25, 0.3) is 0 Å². The fourth-order valence-corrected chi connectivity index (χ4v) is 3.37. The van der Waals surface area contributed by atoms with E-state index in [9.17, 15) is 26.3 Å². The number of hydrogen-bond acceptors (Lipinski definition) is 8. The number of carboxylic acids is 2. The highest BCUT2D eigenvalue weighted by molar-refractivity contribution is 7.09. The van der Waals surface area contributed by atoms with E-state index in [1.54, 1.807) is 17.7 Å². The predicted octanol–water partition coefficient (Wildman–Crippen LogP) is 3.26. The van der Waals surface area contributed by atoms with Gasteiger partial charge < -0.3 is 15.1 Å². The van der Waals surface area contributed by atoms with E-state index in [1.807, 2.05) is 11.6 Å². The summed E-state index contributed by atoms with van der Waals surface area (Å²) in [6.07, 6.45) is -4.57. The van der Waals surface area contributed by atoms with Crippen LogP contribution < -0.4 is 4.90 Å². The molecule has 0 atom stereocenters. The van der Waals surface area contributed by atoms with E-state index in [4.69, 9.17) is 19.8 Å². The lowest BCUT2D eigenvalue weighted by atomic mass is 10.1. The first-order valence-corrected chi connectivity index (χ1v) is 10.8. The number of carboxylic acid groups (broad SMARTS) is 2. The van der Waals surface area contributed by atoms with Crippen molar-refractivity contribution in [2.45, 2.75) is 38.7 Å². The van der Waals surface area contributed by atoms with Gasteiger partial charge in [-0.2, -0.15) is 26.3 Å². The van der Waals surface area contributed by atoms with Crippen molar-refractivity contribution in [2.75, 3.05) is 31.6 Å². The van der Waals surface area contributed by atoms with Gasteiger partial charge in [0.2, 0.25) is 0 Å². The molecule has 0 saturated heterocycles. The summed E-state index contributed by atoms with van der Waals surface area (Å²) in [5.41, 5.74) is 2.53. The Morgan fingerprint density at radius 2 is 1.57 bits per heavy atom. The maximum Gasteiger partial charge on any atom is 0.490 e. The molecule has 3 heterocycles. The molecule has 2 aromatic rings. The molecule has 16 heteroatoms. The number of halogens is 6. The molecule has 0 spiro atoms. The number of aromatic nitrogens is 3. The summed E-state index contributed by atoms with van der Waals surface area (Å²) in [5, 5.41) is 17.5. The lowest BCUT2D eigenvalue weighted by molar-refractivity contribution is -0.193. The molecular formula is C19H23F6N5O4S. The summed E-state index contributed by atoms with van der Waals surface area (Å²) >= 11 is 1.73. The van der Waals surface area contributed by atoms with Crippen molar-refractivity contribution < 1.29 is 46.1 Å². The lowest BCUT2D eigenvalue weighted by Crippen LogP contribution is -2.26. The van der Waals surface area contributed by atoms with Crippen molar-refractivity contribution in [3.8, 4) is 0 Å². The van der Waals surface area contributed by atoms with Gasteiger partial charge in [0.05, 0.1) is 12.2 Å². The number of alkyl halides is 6. The Hall–Kier alpha value is -3.01. The minimum absolute atomic E-state index is 0.942. The quantitative estimate of drug-likeness (QED) is 0.573. The number of rotatable bonds is 4. The number of fused-ring (bicyclic) bond motifs is 1. The van der Waals surface area contributed by atoms with E-state index in [0.29, 0.717) is 0 Å². The van der Waals surface area contributed by atoms with E-state index in [2.05, 4.69) is 38.7 Å². The van der Waals surface area contributed by atoms with Gasteiger partial charge in [-0.05, 0) is 13.3 Å². The third kappa shape index (κ3) is 10.4. The van der Waals surface area contributed by atoms with Gasteiger partial charge >= 0.3 is 24.3 Å². The van der Waals surface area contributed by atoms with E-state index < -0.39 is 24.3 Å². The molecule has 1 aliphatic rings. The van der Waals surface area contributed by atoms with Crippen LogP contribution in [0.3, 0.4) is 0 Å². The van der Waals surface area contributed by atoms with Gasteiger partial charge in [-0.3, -0.25) is 4.90 Å². The van der Waals surface area contributed by atoms with Crippen molar-refractivity contribution in [2.24, 2.45) is 0 Å². The smallest absolute Gasteiger partial charge is 0.475 e. The van der Waals surface area contributed by atoms with Gasteiger partial charge in [-0.25, -0.2) is 24.5 Å². The molecule has 0 unspecified atom stereocenters. The first-order chi connectivity index (χ1) is 16.2. The van der Waals surface area contributed by atoms with Crippen LogP contribution in [0.1, 0.15) is 23.2 Å². The number of nitrogens with zero attached hydrogens (tertiary/aromatic N) is 5. The fourth-order valence-electron chi connectivity index (χ4n) is 2.71. The van der Waals surface area contributed by atoms with Crippen LogP contribution in [0.25, 0.3) is 0 Å². The monoisotopic (exact) mass is 531 g/mol. The molecule has 2 N–H and O–H groups in total. The predicted molar refractivity (Wildman–Crippen MR) is 113 cm³/mol. The molecule has 35 heavy (non-hydrogen) atoms. The van der Waals surface area contributed by atoms with Crippen LogP contribution >= 0.6 is 11.3 Å². The SMILES string of the molecule is CCN(C)c1ncnc2c1CCN(Cc1nccs1)CC2.O=C(O)C(F)(F)F.O=C(O)C(F)(F)F. The zero-order valence-electron chi connectivity index (χ0n) is 18.6. The minimum atomic E-state index is -5.08. The summed E-state index contributed by atoms with van der Waals surface area (Å²) in [6, 6.07) is 0. The van der Waals surface area contributed by atoms with Gasteiger partial charge in [-0.15, -0.1) is 11.3 Å². The number of anilines is 1. The Labute approximate surface area is 200 Å². The van der Waals surface area contributed by atoms with Crippen LogP contribution in [0, 0.1) is 0 Å². The van der Waals surface area contributed by atoms with Gasteiger partial charge in [-0.1, -0.05) is 0 Å². The topological polar surface area (TPSA) is 120 Å². The zero-order valence-corrected chi connectivity index (χ0v) is 19.4. The van der Waals surface area contributed by atoms with Crippen LogP contribution in [0.4, 0.5) is 32.2 Å². The van der Waals surface area contributed by atoms with Crippen LogP contribution in [0.2, 0.25) is 0 Å². The molecule has 9 nitrogen and oxygen atoms in total.